The van der Waals surface area contributed by atoms with Gasteiger partial charge in [-0.25, -0.2) is 0 Å². The molecule has 0 spiro atoms. The minimum absolute atomic E-state index is 0.126. The van der Waals surface area contributed by atoms with Gasteiger partial charge in [-0.1, -0.05) is 30.3 Å². The monoisotopic (exact) mass is 483 g/mol. The van der Waals surface area contributed by atoms with Crippen LogP contribution in [0, 0.1) is 0 Å². The summed E-state index contributed by atoms with van der Waals surface area (Å²) in [6.07, 6.45) is 0.0243. The quantitative estimate of drug-likeness (QED) is 0.568. The second-order valence-electron chi connectivity index (χ2n) is 9.13. The second kappa shape index (κ2) is 8.41. The van der Waals surface area contributed by atoms with Gasteiger partial charge in [0.25, 0.3) is 11.8 Å². The normalized spacial score (nSPS) is 17.8. The molecule has 8 heteroatoms. The maximum Gasteiger partial charge on any atom is 0.260 e. The highest BCUT2D eigenvalue weighted by Gasteiger charge is 2.48. The van der Waals surface area contributed by atoms with Crippen molar-refractivity contribution in [3.63, 3.8) is 0 Å². The number of anilines is 1. The fourth-order valence-corrected chi connectivity index (χ4v) is 5.48. The van der Waals surface area contributed by atoms with Crippen molar-refractivity contribution in [3.8, 4) is 11.5 Å². The molecule has 0 saturated heterocycles. The van der Waals surface area contributed by atoms with Gasteiger partial charge in [0.15, 0.2) is 11.5 Å². The van der Waals surface area contributed by atoms with Crippen molar-refractivity contribution in [2.24, 2.45) is 0 Å². The van der Waals surface area contributed by atoms with Gasteiger partial charge < -0.3 is 19.3 Å². The first-order chi connectivity index (χ1) is 17.5. The molecule has 0 bridgehead atoms. The Morgan fingerprint density at radius 3 is 2.31 bits per heavy atom. The predicted molar refractivity (Wildman–Crippen MR) is 132 cm³/mol. The molecule has 8 nitrogen and oxygen atoms in total. The molecule has 3 heterocycles. The van der Waals surface area contributed by atoms with Gasteiger partial charge >= 0.3 is 0 Å². The zero-order valence-electron chi connectivity index (χ0n) is 20.1. The average molecular weight is 484 g/mol. The van der Waals surface area contributed by atoms with E-state index in [1.54, 1.807) is 48.3 Å². The number of methoxy groups -OCH3 is 2. The van der Waals surface area contributed by atoms with Crippen molar-refractivity contribution >= 4 is 23.4 Å². The molecule has 3 aliphatic rings. The van der Waals surface area contributed by atoms with E-state index in [0.717, 1.165) is 16.7 Å². The molecular weight excluding hydrogens is 458 g/mol. The number of fused-ring (bicyclic) bond motifs is 6. The molecule has 3 amide bonds. The van der Waals surface area contributed by atoms with Crippen LogP contribution in [0.4, 0.5) is 5.69 Å². The third-order valence-electron chi connectivity index (χ3n) is 7.26. The molecule has 0 N–H and O–H groups in total. The number of ether oxygens (including phenoxy) is 2. The van der Waals surface area contributed by atoms with E-state index in [4.69, 9.17) is 9.47 Å². The van der Waals surface area contributed by atoms with Crippen LogP contribution in [0.1, 0.15) is 43.6 Å². The van der Waals surface area contributed by atoms with E-state index in [-0.39, 0.29) is 24.3 Å². The number of hydrogen-bond acceptors (Lipinski definition) is 5. The van der Waals surface area contributed by atoms with Crippen LogP contribution in [0.2, 0.25) is 0 Å². The SMILES string of the molecule is COc1cc2c(cc1OC)CN(C(=O)CN1C(=O)c3ccccc3N3C(=O)c4ccccc4[C@@H]13)CC2. The predicted octanol–water partition coefficient (Wildman–Crippen LogP) is 3.40. The van der Waals surface area contributed by atoms with Crippen LogP contribution in [0.3, 0.4) is 0 Å². The van der Waals surface area contributed by atoms with Gasteiger partial charge in [0.05, 0.1) is 25.5 Å². The number of hydrogen-bond donors (Lipinski definition) is 0. The van der Waals surface area contributed by atoms with E-state index in [2.05, 4.69) is 0 Å². The van der Waals surface area contributed by atoms with E-state index in [9.17, 15) is 14.4 Å². The highest BCUT2D eigenvalue weighted by molar-refractivity contribution is 6.17. The zero-order valence-corrected chi connectivity index (χ0v) is 20.1. The van der Waals surface area contributed by atoms with Crippen LogP contribution in [0.5, 0.6) is 11.5 Å². The molecule has 6 rings (SSSR count). The lowest BCUT2D eigenvalue weighted by Gasteiger charge is -2.41. The first-order valence-electron chi connectivity index (χ1n) is 11.9. The maximum atomic E-state index is 13.6. The number of benzene rings is 3. The van der Waals surface area contributed by atoms with E-state index in [0.29, 0.717) is 47.8 Å². The summed E-state index contributed by atoms with van der Waals surface area (Å²) in [5.41, 5.74) is 4.39. The Kier molecular flexibility index (Phi) is 5.17. The zero-order chi connectivity index (χ0) is 25.0. The number of rotatable bonds is 4. The minimum atomic E-state index is -0.651. The molecule has 3 aromatic carbocycles. The fourth-order valence-electron chi connectivity index (χ4n) is 5.48. The standard InChI is InChI=1S/C28H25N3O5/c1-35-23-13-17-11-12-29(15-18(17)14-24(23)36-2)25(32)16-30-26-19-7-3-4-8-20(19)28(34)31(26)22-10-6-5-9-21(22)27(30)33/h3-10,13-14,26H,11-12,15-16H2,1-2H3/t26-/m0/s1. The summed E-state index contributed by atoms with van der Waals surface area (Å²) in [4.78, 5) is 45.5. The third-order valence-corrected chi connectivity index (χ3v) is 7.26. The van der Waals surface area contributed by atoms with E-state index in [1.165, 1.54) is 4.90 Å². The van der Waals surface area contributed by atoms with Gasteiger partial charge in [0, 0.05) is 24.2 Å². The Hall–Kier alpha value is -4.33. The summed E-state index contributed by atoms with van der Waals surface area (Å²) in [6.45, 7) is 0.819. The highest BCUT2D eigenvalue weighted by Crippen LogP contribution is 2.45. The largest absolute Gasteiger partial charge is 0.493 e. The van der Waals surface area contributed by atoms with Crippen LogP contribution in [0.25, 0.3) is 0 Å². The number of nitrogens with zero attached hydrogens (tertiary/aromatic N) is 3. The van der Waals surface area contributed by atoms with Crippen molar-refractivity contribution < 1.29 is 23.9 Å². The molecule has 0 fully saturated rings. The summed E-state index contributed by atoms with van der Waals surface area (Å²) in [5.74, 6) is 0.692. The maximum absolute atomic E-state index is 13.6. The van der Waals surface area contributed by atoms with Crippen molar-refractivity contribution in [1.82, 2.24) is 9.80 Å². The summed E-state index contributed by atoms with van der Waals surface area (Å²) < 4.78 is 10.9. The molecular formula is C28H25N3O5. The molecule has 1 atom stereocenters. The Bertz CT molecular complexity index is 1420. The Morgan fingerprint density at radius 2 is 1.56 bits per heavy atom. The molecule has 36 heavy (non-hydrogen) atoms. The van der Waals surface area contributed by atoms with Crippen molar-refractivity contribution in [2.45, 2.75) is 19.1 Å². The lowest BCUT2D eigenvalue weighted by molar-refractivity contribution is -0.133. The van der Waals surface area contributed by atoms with Gasteiger partial charge in [-0.15, -0.1) is 0 Å². The molecule has 0 saturated carbocycles. The van der Waals surface area contributed by atoms with Crippen molar-refractivity contribution in [2.75, 3.05) is 32.2 Å². The van der Waals surface area contributed by atoms with Crippen LogP contribution >= 0.6 is 0 Å². The lowest BCUT2D eigenvalue weighted by Crippen LogP contribution is -2.52. The van der Waals surface area contributed by atoms with Gasteiger partial charge in [0.1, 0.15) is 12.7 Å². The van der Waals surface area contributed by atoms with Gasteiger partial charge in [-0.2, -0.15) is 0 Å². The molecule has 182 valence electrons. The number of amides is 3. The molecule has 0 radical (unpaired) electrons. The average Bonchev–Trinajstić information content (AvgIpc) is 3.22. The number of para-hydroxylation sites is 1. The summed E-state index contributed by atoms with van der Waals surface area (Å²) in [5, 5.41) is 0. The topological polar surface area (TPSA) is 79.4 Å². The summed E-state index contributed by atoms with van der Waals surface area (Å²) >= 11 is 0. The lowest BCUT2D eigenvalue weighted by atomic mass is 9.98. The Balaban J connectivity index is 1.32. The van der Waals surface area contributed by atoms with Gasteiger partial charge in [0.2, 0.25) is 5.91 Å². The molecule has 3 aliphatic heterocycles. The molecule has 0 aliphatic carbocycles. The Morgan fingerprint density at radius 1 is 0.889 bits per heavy atom. The second-order valence-corrected chi connectivity index (χ2v) is 9.13. The van der Waals surface area contributed by atoms with E-state index < -0.39 is 6.17 Å². The minimum Gasteiger partial charge on any atom is -0.493 e. The highest BCUT2D eigenvalue weighted by atomic mass is 16.5. The summed E-state index contributed by atoms with van der Waals surface area (Å²) in [7, 11) is 3.19. The Labute approximate surface area is 208 Å². The van der Waals surface area contributed by atoms with E-state index >= 15 is 0 Å². The molecule has 0 aromatic heterocycles. The van der Waals surface area contributed by atoms with Crippen LogP contribution in [-0.4, -0.2) is 54.8 Å². The van der Waals surface area contributed by atoms with Crippen LogP contribution in [0.15, 0.2) is 60.7 Å². The van der Waals surface area contributed by atoms with Crippen molar-refractivity contribution in [1.29, 1.82) is 0 Å². The van der Waals surface area contributed by atoms with Crippen LogP contribution in [-0.2, 0) is 17.8 Å². The third kappa shape index (κ3) is 3.25. The summed E-state index contributed by atoms with van der Waals surface area (Å²) in [6, 6.07) is 18.2. The molecule has 0 unspecified atom stereocenters. The first kappa shape index (κ1) is 22.2. The number of carbonyl (C=O) groups is 3. The van der Waals surface area contributed by atoms with Crippen LogP contribution < -0.4 is 14.4 Å². The van der Waals surface area contributed by atoms with Gasteiger partial charge in [-0.3, -0.25) is 19.3 Å². The van der Waals surface area contributed by atoms with Crippen molar-refractivity contribution in [3.05, 3.63) is 88.5 Å². The number of carbonyl (C=O) groups excluding carboxylic acids is 3. The molecule has 3 aromatic rings. The van der Waals surface area contributed by atoms with E-state index in [1.807, 2.05) is 36.4 Å². The fraction of sp³-hybridized carbons (Fsp3) is 0.250. The first-order valence-corrected chi connectivity index (χ1v) is 11.9. The van der Waals surface area contributed by atoms with Gasteiger partial charge in [-0.05, 0) is 47.9 Å². The smallest absolute Gasteiger partial charge is 0.260 e.